The summed E-state index contributed by atoms with van der Waals surface area (Å²) in [7, 11) is 3.24. The van der Waals surface area contributed by atoms with Gasteiger partial charge in [-0.2, -0.15) is 57.1 Å². The second-order valence-electron chi connectivity index (χ2n) is 13.6. The Kier molecular flexibility index (Phi) is 11.1. The van der Waals surface area contributed by atoms with Crippen LogP contribution in [0.15, 0.2) is 18.2 Å². The van der Waals surface area contributed by atoms with Gasteiger partial charge in [0.05, 0.1) is 28.1 Å². The molecule has 48 heavy (non-hydrogen) atoms. The van der Waals surface area contributed by atoms with Gasteiger partial charge in [0, 0.05) is 6.04 Å². The standard InChI is InChI=1S/C30H38B2F13NO2/c1-24-11-10-20-19-7-5-18(47-13-3-2-12-32-31)14-17(19)4-6-21(20)22(24)8-9-23(24)46-15-25(33,34)26(35,36)16-48-27(28(37,38)39,29(40,41)42)30(43,44)45/h5,7,14,20-23,32,46H,2-4,6,8-13,15-16,31H2,1H3/t20?,21?,22?,23-,24-/m0/s1. The van der Waals surface area contributed by atoms with E-state index in [2.05, 4.69) is 23.9 Å². The third-order valence-corrected chi connectivity index (χ3v) is 10.7. The number of unbranched alkanes of at least 4 members (excludes halogenated alkanes) is 1. The number of ether oxygens (including phenoxy) is 2. The van der Waals surface area contributed by atoms with Crippen LogP contribution in [0.5, 0.6) is 5.75 Å². The number of hydrogen-bond acceptors (Lipinski definition) is 3. The molecule has 0 saturated heterocycles. The van der Waals surface area contributed by atoms with E-state index in [1.807, 2.05) is 19.1 Å². The average molecular weight is 713 g/mol. The molecular formula is C30H38B2F13NO2. The zero-order valence-electron chi connectivity index (χ0n) is 26.5. The molecule has 3 unspecified atom stereocenters. The zero-order valence-corrected chi connectivity index (χ0v) is 26.5. The lowest BCUT2D eigenvalue weighted by molar-refractivity contribution is -0.464. The molecule has 2 saturated carbocycles. The highest BCUT2D eigenvalue weighted by Crippen LogP contribution is 2.61. The summed E-state index contributed by atoms with van der Waals surface area (Å²) in [6.07, 6.45) is -15.2. The second kappa shape index (κ2) is 13.7. The number of halogens is 13. The minimum Gasteiger partial charge on any atom is -0.494 e. The molecule has 3 aliphatic carbocycles. The van der Waals surface area contributed by atoms with Gasteiger partial charge in [-0.1, -0.05) is 25.7 Å². The summed E-state index contributed by atoms with van der Waals surface area (Å²) in [6, 6.07) is 5.28. The van der Waals surface area contributed by atoms with Crippen LogP contribution in [0.1, 0.15) is 68.9 Å². The molecule has 4 rings (SSSR count). The number of benzene rings is 1. The molecule has 2 fully saturated rings. The number of rotatable bonds is 13. The highest BCUT2D eigenvalue weighted by molar-refractivity contribution is 6.89. The fourth-order valence-corrected chi connectivity index (χ4v) is 8.12. The van der Waals surface area contributed by atoms with E-state index in [0.29, 0.717) is 32.3 Å². The Morgan fingerprint density at radius 2 is 1.50 bits per heavy atom. The summed E-state index contributed by atoms with van der Waals surface area (Å²) < 4.78 is 185. The van der Waals surface area contributed by atoms with Gasteiger partial charge in [0.1, 0.15) is 12.4 Å². The third-order valence-electron chi connectivity index (χ3n) is 10.7. The van der Waals surface area contributed by atoms with Crippen molar-refractivity contribution < 1.29 is 66.5 Å². The zero-order chi connectivity index (χ0) is 36.0. The predicted molar refractivity (Wildman–Crippen MR) is 155 cm³/mol. The number of hydrogen-bond donors (Lipinski definition) is 1. The molecular weight excluding hydrogens is 675 g/mol. The molecule has 5 atom stereocenters. The van der Waals surface area contributed by atoms with Crippen LogP contribution in [-0.2, 0) is 11.2 Å². The van der Waals surface area contributed by atoms with Crippen LogP contribution in [0, 0.1) is 17.3 Å². The topological polar surface area (TPSA) is 30.5 Å². The Bertz CT molecular complexity index is 1220. The first-order valence-electron chi connectivity index (χ1n) is 16.1. The molecule has 0 amide bonds. The van der Waals surface area contributed by atoms with Crippen molar-refractivity contribution in [2.45, 2.75) is 113 Å². The van der Waals surface area contributed by atoms with Crippen molar-refractivity contribution in [1.82, 2.24) is 5.32 Å². The smallest absolute Gasteiger partial charge is 0.435 e. The van der Waals surface area contributed by atoms with Gasteiger partial charge in [-0.05, 0) is 91.4 Å². The normalized spacial score (nSPS) is 26.9. The molecule has 272 valence electrons. The minimum absolute atomic E-state index is 0.0137. The molecule has 0 radical (unpaired) electrons. The second-order valence-corrected chi connectivity index (χ2v) is 13.6. The van der Waals surface area contributed by atoms with Crippen LogP contribution in [0.3, 0.4) is 0 Å². The maximum absolute atomic E-state index is 14.7. The van der Waals surface area contributed by atoms with Crippen LogP contribution in [0.25, 0.3) is 0 Å². The number of fused-ring (bicyclic) bond motifs is 5. The maximum atomic E-state index is 14.7. The molecule has 1 aromatic carbocycles. The van der Waals surface area contributed by atoms with Gasteiger partial charge in [-0.25, -0.2) is 0 Å². The van der Waals surface area contributed by atoms with E-state index >= 15 is 0 Å². The fraction of sp³-hybridized carbons (Fsp3) is 0.800. The van der Waals surface area contributed by atoms with E-state index in [4.69, 9.17) is 4.74 Å². The van der Waals surface area contributed by atoms with E-state index in [1.165, 1.54) is 11.1 Å². The lowest BCUT2D eigenvalue weighted by Gasteiger charge is -2.51. The quantitative estimate of drug-likeness (QED) is 0.129. The van der Waals surface area contributed by atoms with E-state index in [0.717, 1.165) is 44.9 Å². The van der Waals surface area contributed by atoms with E-state index in [1.54, 1.807) is 0 Å². The molecule has 0 aliphatic heterocycles. The van der Waals surface area contributed by atoms with Crippen molar-refractivity contribution in [2.24, 2.45) is 17.3 Å². The molecule has 3 aliphatic rings. The highest BCUT2D eigenvalue weighted by atomic mass is 19.4. The van der Waals surface area contributed by atoms with Crippen molar-refractivity contribution in [3.8, 4) is 5.75 Å². The molecule has 18 heteroatoms. The minimum atomic E-state index is -7.33. The van der Waals surface area contributed by atoms with Crippen molar-refractivity contribution in [1.29, 1.82) is 0 Å². The monoisotopic (exact) mass is 713 g/mol. The van der Waals surface area contributed by atoms with Crippen molar-refractivity contribution in [3.05, 3.63) is 29.3 Å². The van der Waals surface area contributed by atoms with E-state index < -0.39 is 60.6 Å². The molecule has 0 bridgehead atoms. The summed E-state index contributed by atoms with van der Waals surface area (Å²) in [5, 5.41) is 2.34. The van der Waals surface area contributed by atoms with E-state index in [9.17, 15) is 57.1 Å². The Morgan fingerprint density at radius 3 is 2.10 bits per heavy atom. The number of nitrogens with one attached hydrogen (secondary N) is 1. The van der Waals surface area contributed by atoms with Gasteiger partial charge in [-0.3, -0.25) is 0 Å². The van der Waals surface area contributed by atoms with Crippen LogP contribution < -0.4 is 10.1 Å². The van der Waals surface area contributed by atoms with Crippen molar-refractivity contribution in [2.75, 3.05) is 19.8 Å². The van der Waals surface area contributed by atoms with Crippen molar-refractivity contribution in [3.63, 3.8) is 0 Å². The Morgan fingerprint density at radius 1 is 0.854 bits per heavy atom. The number of aryl methyl sites for hydroxylation is 1. The van der Waals surface area contributed by atoms with Gasteiger partial charge >= 0.3 is 36.0 Å². The molecule has 1 aromatic rings. The van der Waals surface area contributed by atoms with Gasteiger partial charge in [0.15, 0.2) is 0 Å². The molecule has 3 nitrogen and oxygen atoms in total. The molecule has 0 heterocycles. The van der Waals surface area contributed by atoms with Crippen molar-refractivity contribution >= 4 is 14.9 Å². The highest BCUT2D eigenvalue weighted by Gasteiger charge is 2.86. The SMILES string of the molecule is BBCCCCOc1ccc2c(c1)CCC1C2CC[C@@]2(C)C1CC[C@@H]2NCC(F)(F)C(F)(F)COC(C(F)(F)F)(C(F)(F)F)C(F)(F)F. The van der Waals surface area contributed by atoms with Gasteiger partial charge in [0.25, 0.3) is 0 Å². The lowest BCUT2D eigenvalue weighted by atomic mass is 9.53. The van der Waals surface area contributed by atoms with Crippen LogP contribution in [-0.4, -0.2) is 76.7 Å². The van der Waals surface area contributed by atoms with Gasteiger partial charge in [0.2, 0.25) is 0 Å². The summed E-state index contributed by atoms with van der Waals surface area (Å²) in [4.78, 5) is 0. The molecule has 1 N–H and O–H groups in total. The van der Waals surface area contributed by atoms with Gasteiger partial charge in [-0.15, -0.1) is 0 Å². The fourth-order valence-electron chi connectivity index (χ4n) is 8.12. The summed E-state index contributed by atoms with van der Waals surface area (Å²) in [6.45, 7) is -2.93. The van der Waals surface area contributed by atoms with Gasteiger partial charge < -0.3 is 14.8 Å². The molecule has 0 spiro atoms. The van der Waals surface area contributed by atoms with E-state index in [-0.39, 0.29) is 17.8 Å². The first-order valence-corrected chi connectivity index (χ1v) is 16.1. The Balaban J connectivity index is 1.41. The van der Waals surface area contributed by atoms with Crippen LogP contribution in [0.4, 0.5) is 57.1 Å². The van der Waals surface area contributed by atoms with Crippen LogP contribution >= 0.6 is 0 Å². The average Bonchev–Trinajstić information content (AvgIpc) is 3.29. The Hall–Kier alpha value is -1.84. The Labute approximate surface area is 271 Å². The summed E-state index contributed by atoms with van der Waals surface area (Å²) in [5.74, 6) is -10.0. The predicted octanol–water partition coefficient (Wildman–Crippen LogP) is 7.78. The maximum Gasteiger partial charge on any atom is 0.435 e. The number of alkyl halides is 13. The first-order chi connectivity index (χ1) is 22.0. The molecule has 0 aromatic heterocycles. The summed E-state index contributed by atoms with van der Waals surface area (Å²) in [5.41, 5.74) is -5.37. The third kappa shape index (κ3) is 7.16. The lowest BCUT2D eigenvalue weighted by Crippen LogP contribution is -2.69. The largest absolute Gasteiger partial charge is 0.494 e. The first kappa shape index (κ1) is 39.0. The summed E-state index contributed by atoms with van der Waals surface area (Å²) >= 11 is 0. The van der Waals surface area contributed by atoms with Crippen LogP contribution in [0.2, 0.25) is 6.32 Å².